The molecule has 0 aliphatic rings. The largest absolute Gasteiger partial charge is 0.354 e. The minimum Gasteiger partial charge on any atom is -0.354 e. The fourth-order valence-corrected chi connectivity index (χ4v) is 4.50. The van der Waals surface area contributed by atoms with Gasteiger partial charge in [-0.25, -0.2) is 0 Å². The quantitative estimate of drug-likeness (QED) is 0.146. The summed E-state index contributed by atoms with van der Waals surface area (Å²) in [5.41, 5.74) is 2.14. The summed E-state index contributed by atoms with van der Waals surface area (Å²) in [6.45, 7) is 4.21. The van der Waals surface area contributed by atoms with Gasteiger partial charge in [0.15, 0.2) is 0 Å². The lowest BCUT2D eigenvalue weighted by Gasteiger charge is -2.23. The highest BCUT2D eigenvalue weighted by Gasteiger charge is 2.25. The van der Waals surface area contributed by atoms with E-state index >= 15 is 0 Å². The maximum Gasteiger partial charge on any atom is 0.243 e. The van der Waals surface area contributed by atoms with Crippen molar-refractivity contribution < 1.29 is 19.2 Å². The standard InChI is InChI=1S/C24H35N5O4S/c1-4-16(2)22(29-21(32)14-25-3)23(33)27-15-20(31)26-11-13-34-24-18(9-7-12-30)17-8-5-6-10-19(17)28-24/h5-6,8,10,12,16,22,25,28H,4,7,9,11,13-15H2,1-3H3,(H,26,31)(H,27,33)(H,29,32). The van der Waals surface area contributed by atoms with Gasteiger partial charge in [0.2, 0.25) is 17.7 Å². The minimum atomic E-state index is -0.694. The number of carbonyl (C=O) groups is 4. The fourth-order valence-electron chi connectivity index (χ4n) is 3.52. The lowest BCUT2D eigenvalue weighted by atomic mass is 9.98. The number of rotatable bonds is 15. The number of para-hydroxylation sites is 1. The molecule has 0 aliphatic heterocycles. The van der Waals surface area contributed by atoms with Crippen molar-refractivity contribution >= 4 is 46.7 Å². The first-order valence-corrected chi connectivity index (χ1v) is 12.5. The molecule has 2 unspecified atom stereocenters. The topological polar surface area (TPSA) is 132 Å². The number of aldehydes is 1. The summed E-state index contributed by atoms with van der Waals surface area (Å²) in [5.74, 6) is -0.368. The second-order valence-corrected chi connectivity index (χ2v) is 9.17. The molecule has 10 heteroatoms. The third-order valence-electron chi connectivity index (χ3n) is 5.53. The molecular weight excluding hydrogens is 454 g/mol. The van der Waals surface area contributed by atoms with Crippen molar-refractivity contribution in [1.82, 2.24) is 26.3 Å². The fraction of sp³-hybridized carbons (Fsp3) is 0.500. The van der Waals surface area contributed by atoms with E-state index in [-0.39, 0.29) is 36.7 Å². The van der Waals surface area contributed by atoms with Crippen LogP contribution in [0.25, 0.3) is 10.9 Å². The number of amides is 3. The molecule has 1 heterocycles. The Morgan fingerprint density at radius 1 is 1.12 bits per heavy atom. The average Bonchev–Trinajstić information content (AvgIpc) is 3.19. The summed E-state index contributed by atoms with van der Waals surface area (Å²) in [6.07, 6.45) is 2.75. The summed E-state index contributed by atoms with van der Waals surface area (Å²) in [6, 6.07) is 7.28. The molecule has 0 aliphatic carbocycles. The van der Waals surface area contributed by atoms with Crippen molar-refractivity contribution in [1.29, 1.82) is 0 Å². The third kappa shape index (κ3) is 8.18. The number of thioether (sulfide) groups is 1. The van der Waals surface area contributed by atoms with Crippen LogP contribution >= 0.6 is 11.8 Å². The second kappa shape index (κ2) is 14.4. The van der Waals surface area contributed by atoms with E-state index < -0.39 is 6.04 Å². The van der Waals surface area contributed by atoms with Crippen molar-refractivity contribution in [3.8, 4) is 0 Å². The van der Waals surface area contributed by atoms with Gasteiger partial charge in [-0.15, -0.1) is 11.8 Å². The van der Waals surface area contributed by atoms with Crippen molar-refractivity contribution in [2.45, 2.75) is 44.2 Å². The third-order valence-corrected chi connectivity index (χ3v) is 6.58. The van der Waals surface area contributed by atoms with Crippen LogP contribution in [0.3, 0.4) is 0 Å². The molecule has 2 rings (SSSR count). The van der Waals surface area contributed by atoms with Gasteiger partial charge in [0.25, 0.3) is 0 Å². The smallest absolute Gasteiger partial charge is 0.243 e. The van der Waals surface area contributed by atoms with Gasteiger partial charge in [0, 0.05) is 29.6 Å². The Labute approximate surface area is 204 Å². The van der Waals surface area contributed by atoms with Gasteiger partial charge < -0.3 is 31.0 Å². The van der Waals surface area contributed by atoms with Crippen molar-refractivity contribution in [3.05, 3.63) is 29.8 Å². The van der Waals surface area contributed by atoms with Crippen LogP contribution in [0.2, 0.25) is 0 Å². The van der Waals surface area contributed by atoms with E-state index in [1.807, 2.05) is 38.1 Å². The lowest BCUT2D eigenvalue weighted by molar-refractivity contribution is -0.131. The highest BCUT2D eigenvalue weighted by molar-refractivity contribution is 7.99. The van der Waals surface area contributed by atoms with Crippen LogP contribution in [-0.2, 0) is 25.6 Å². The predicted molar refractivity (Wildman–Crippen MR) is 135 cm³/mol. The molecule has 0 saturated heterocycles. The number of nitrogens with one attached hydrogen (secondary N) is 5. The normalized spacial score (nSPS) is 12.7. The number of benzene rings is 1. The van der Waals surface area contributed by atoms with Crippen LogP contribution in [0.1, 0.15) is 32.3 Å². The van der Waals surface area contributed by atoms with Crippen LogP contribution in [0.15, 0.2) is 29.3 Å². The van der Waals surface area contributed by atoms with Gasteiger partial charge in [-0.1, -0.05) is 38.5 Å². The number of fused-ring (bicyclic) bond motifs is 1. The van der Waals surface area contributed by atoms with E-state index in [0.717, 1.165) is 27.8 Å². The maximum absolute atomic E-state index is 12.6. The summed E-state index contributed by atoms with van der Waals surface area (Å²) in [4.78, 5) is 50.9. The van der Waals surface area contributed by atoms with Crippen LogP contribution in [0.5, 0.6) is 0 Å². The molecule has 186 valence electrons. The number of hydrogen-bond acceptors (Lipinski definition) is 6. The van der Waals surface area contributed by atoms with Gasteiger partial charge in [0.1, 0.15) is 12.3 Å². The molecule has 2 atom stereocenters. The average molecular weight is 490 g/mol. The zero-order chi connectivity index (χ0) is 24.9. The molecule has 9 nitrogen and oxygen atoms in total. The van der Waals surface area contributed by atoms with Crippen LogP contribution in [0.4, 0.5) is 0 Å². The first-order chi connectivity index (χ1) is 16.4. The van der Waals surface area contributed by atoms with Crippen LogP contribution in [0, 0.1) is 5.92 Å². The van der Waals surface area contributed by atoms with Gasteiger partial charge in [-0.3, -0.25) is 14.4 Å². The first-order valence-electron chi connectivity index (χ1n) is 11.6. The first kappa shape index (κ1) is 27.4. The number of aromatic amines is 1. The van der Waals surface area contributed by atoms with Gasteiger partial charge in [-0.2, -0.15) is 0 Å². The summed E-state index contributed by atoms with van der Waals surface area (Å²) in [5, 5.41) is 13.0. The van der Waals surface area contributed by atoms with E-state index in [1.165, 1.54) is 0 Å². The number of likely N-dealkylation sites (N-methyl/N-ethyl adjacent to an activating group) is 1. The maximum atomic E-state index is 12.6. The number of aryl methyl sites for hydroxylation is 1. The molecule has 1 aromatic carbocycles. The zero-order valence-electron chi connectivity index (χ0n) is 20.0. The Bertz CT molecular complexity index is 977. The van der Waals surface area contributed by atoms with Crippen LogP contribution in [-0.4, -0.2) is 67.5 Å². The Hall–Kier alpha value is -2.85. The van der Waals surface area contributed by atoms with Gasteiger partial charge >= 0.3 is 0 Å². The summed E-state index contributed by atoms with van der Waals surface area (Å²) >= 11 is 1.59. The van der Waals surface area contributed by atoms with E-state index in [0.29, 0.717) is 31.6 Å². The van der Waals surface area contributed by atoms with Crippen molar-refractivity contribution in [3.63, 3.8) is 0 Å². The number of hydrogen-bond donors (Lipinski definition) is 5. The highest BCUT2D eigenvalue weighted by atomic mass is 32.2. The molecule has 0 fully saturated rings. The monoisotopic (exact) mass is 489 g/mol. The molecule has 3 amide bonds. The Balaban J connectivity index is 1.81. The summed E-state index contributed by atoms with van der Waals surface area (Å²) < 4.78 is 0. The van der Waals surface area contributed by atoms with Crippen molar-refractivity contribution in [2.24, 2.45) is 5.92 Å². The number of carbonyl (C=O) groups excluding carboxylic acids is 4. The summed E-state index contributed by atoms with van der Waals surface area (Å²) in [7, 11) is 1.66. The Morgan fingerprint density at radius 3 is 2.59 bits per heavy atom. The number of H-pyrrole nitrogens is 1. The molecular formula is C24H35N5O4S. The molecule has 34 heavy (non-hydrogen) atoms. The van der Waals surface area contributed by atoms with E-state index in [4.69, 9.17) is 0 Å². The Kier molecular flexibility index (Phi) is 11.6. The van der Waals surface area contributed by atoms with E-state index in [9.17, 15) is 19.2 Å². The van der Waals surface area contributed by atoms with E-state index in [1.54, 1.807) is 18.8 Å². The molecule has 0 saturated carbocycles. The molecule has 1 aromatic heterocycles. The molecule has 2 aromatic rings. The second-order valence-electron chi connectivity index (χ2n) is 8.06. The lowest BCUT2D eigenvalue weighted by Crippen LogP contribution is -2.53. The van der Waals surface area contributed by atoms with Gasteiger partial charge in [-0.05, 0) is 31.0 Å². The number of aromatic nitrogens is 1. The predicted octanol–water partition coefficient (Wildman–Crippen LogP) is 1.37. The van der Waals surface area contributed by atoms with E-state index in [2.05, 4.69) is 26.3 Å². The highest BCUT2D eigenvalue weighted by Crippen LogP contribution is 2.30. The van der Waals surface area contributed by atoms with Crippen molar-refractivity contribution in [2.75, 3.05) is 32.4 Å². The minimum absolute atomic E-state index is 0.0648. The Morgan fingerprint density at radius 2 is 1.88 bits per heavy atom. The molecule has 0 radical (unpaired) electrons. The SMILES string of the molecule is CCC(C)C(NC(=O)CNC)C(=O)NCC(=O)NCCSc1[nH]c2ccccc2c1CCC=O. The molecule has 5 N–H and O–H groups in total. The molecule has 0 bridgehead atoms. The van der Waals surface area contributed by atoms with Crippen LogP contribution < -0.4 is 21.3 Å². The zero-order valence-corrected chi connectivity index (χ0v) is 20.8. The van der Waals surface area contributed by atoms with Gasteiger partial charge in [0.05, 0.1) is 18.1 Å². The molecule has 0 spiro atoms.